The van der Waals surface area contributed by atoms with E-state index in [4.69, 9.17) is 11.6 Å². The summed E-state index contributed by atoms with van der Waals surface area (Å²) < 4.78 is 14.9. The topological polar surface area (TPSA) is 12.0 Å². The SMILES string of the molecule is Fc1ccc(Cl)cc1NC1CCc2c(Br)cccc21. The predicted molar refractivity (Wildman–Crippen MR) is 80.2 cm³/mol. The highest BCUT2D eigenvalue weighted by Gasteiger charge is 2.24. The molecule has 1 unspecified atom stereocenters. The van der Waals surface area contributed by atoms with E-state index in [2.05, 4.69) is 27.3 Å². The van der Waals surface area contributed by atoms with Crippen molar-refractivity contribution in [2.24, 2.45) is 0 Å². The highest BCUT2D eigenvalue weighted by Crippen LogP contribution is 2.38. The van der Waals surface area contributed by atoms with Crippen LogP contribution in [0.4, 0.5) is 10.1 Å². The monoisotopic (exact) mass is 339 g/mol. The highest BCUT2D eigenvalue weighted by atomic mass is 79.9. The number of hydrogen-bond acceptors (Lipinski definition) is 1. The fourth-order valence-corrected chi connectivity index (χ4v) is 3.31. The summed E-state index contributed by atoms with van der Waals surface area (Å²) in [7, 11) is 0. The van der Waals surface area contributed by atoms with Gasteiger partial charge in [-0.2, -0.15) is 0 Å². The van der Waals surface area contributed by atoms with Gasteiger partial charge < -0.3 is 5.32 Å². The average Bonchev–Trinajstić information content (AvgIpc) is 2.79. The van der Waals surface area contributed by atoms with Gasteiger partial charge in [0.25, 0.3) is 0 Å². The van der Waals surface area contributed by atoms with Gasteiger partial charge in [-0.25, -0.2) is 4.39 Å². The van der Waals surface area contributed by atoms with Gasteiger partial charge in [0.15, 0.2) is 0 Å². The van der Waals surface area contributed by atoms with Gasteiger partial charge in [0.1, 0.15) is 5.82 Å². The quantitative estimate of drug-likeness (QED) is 0.778. The fraction of sp³-hybridized carbons (Fsp3) is 0.200. The third-order valence-electron chi connectivity index (χ3n) is 3.47. The van der Waals surface area contributed by atoms with Crippen molar-refractivity contribution in [3.05, 3.63) is 62.8 Å². The lowest BCUT2D eigenvalue weighted by Crippen LogP contribution is -2.08. The Labute approximate surface area is 124 Å². The minimum atomic E-state index is -0.271. The minimum Gasteiger partial charge on any atom is -0.376 e. The zero-order chi connectivity index (χ0) is 13.4. The Bertz CT molecular complexity index is 630. The molecule has 2 aromatic rings. The third kappa shape index (κ3) is 2.49. The number of halogens is 3. The van der Waals surface area contributed by atoms with Crippen LogP contribution in [0.15, 0.2) is 40.9 Å². The van der Waals surface area contributed by atoms with Gasteiger partial charge in [-0.15, -0.1) is 0 Å². The van der Waals surface area contributed by atoms with Gasteiger partial charge in [-0.1, -0.05) is 39.7 Å². The molecular weight excluding hydrogens is 329 g/mol. The summed E-state index contributed by atoms with van der Waals surface area (Å²) in [4.78, 5) is 0. The first-order valence-corrected chi connectivity index (χ1v) is 7.31. The largest absolute Gasteiger partial charge is 0.376 e. The van der Waals surface area contributed by atoms with Crippen LogP contribution in [0.2, 0.25) is 5.02 Å². The molecule has 98 valence electrons. The lowest BCUT2D eigenvalue weighted by molar-refractivity contribution is 0.625. The molecule has 19 heavy (non-hydrogen) atoms. The molecular formula is C15H12BrClFN. The summed E-state index contributed by atoms with van der Waals surface area (Å²) in [5.41, 5.74) is 3.00. The molecule has 0 spiro atoms. The Morgan fingerprint density at radius 2 is 2.11 bits per heavy atom. The minimum absolute atomic E-state index is 0.139. The lowest BCUT2D eigenvalue weighted by Gasteiger charge is -2.16. The van der Waals surface area contributed by atoms with Crippen LogP contribution in [0.1, 0.15) is 23.6 Å². The Balaban J connectivity index is 1.91. The Kier molecular flexibility index (Phi) is 3.50. The molecule has 0 saturated carbocycles. The lowest BCUT2D eigenvalue weighted by atomic mass is 10.1. The van der Waals surface area contributed by atoms with Crippen molar-refractivity contribution in [1.29, 1.82) is 0 Å². The molecule has 0 bridgehead atoms. The van der Waals surface area contributed by atoms with Crippen molar-refractivity contribution in [1.82, 2.24) is 0 Å². The molecule has 3 rings (SSSR count). The Hall–Kier alpha value is -1.06. The van der Waals surface area contributed by atoms with E-state index < -0.39 is 0 Å². The molecule has 0 aromatic heterocycles. The second-order valence-electron chi connectivity index (χ2n) is 4.67. The van der Waals surface area contributed by atoms with E-state index in [-0.39, 0.29) is 11.9 Å². The van der Waals surface area contributed by atoms with E-state index >= 15 is 0 Å². The summed E-state index contributed by atoms with van der Waals surface area (Å²) in [6.45, 7) is 0. The Morgan fingerprint density at radius 1 is 1.26 bits per heavy atom. The van der Waals surface area contributed by atoms with Crippen molar-refractivity contribution in [3.8, 4) is 0 Å². The maximum Gasteiger partial charge on any atom is 0.146 e. The number of rotatable bonds is 2. The van der Waals surface area contributed by atoms with Crippen LogP contribution in [0.3, 0.4) is 0 Å². The summed E-state index contributed by atoms with van der Waals surface area (Å²) in [6.07, 6.45) is 1.96. The first-order valence-electron chi connectivity index (χ1n) is 6.14. The van der Waals surface area contributed by atoms with Gasteiger partial charge in [-0.05, 0) is 48.2 Å². The zero-order valence-corrected chi connectivity index (χ0v) is 12.4. The number of fused-ring (bicyclic) bond motifs is 1. The second kappa shape index (κ2) is 5.14. The van der Waals surface area contributed by atoms with Crippen molar-refractivity contribution in [2.45, 2.75) is 18.9 Å². The van der Waals surface area contributed by atoms with E-state index in [1.54, 1.807) is 12.1 Å². The summed E-state index contributed by atoms with van der Waals surface area (Å²) in [5.74, 6) is -0.271. The number of benzene rings is 2. The molecule has 1 aliphatic carbocycles. The first-order chi connectivity index (χ1) is 9.15. The number of hydrogen-bond donors (Lipinski definition) is 1. The van der Waals surface area contributed by atoms with Crippen molar-refractivity contribution < 1.29 is 4.39 Å². The average molecular weight is 341 g/mol. The van der Waals surface area contributed by atoms with E-state index in [1.165, 1.54) is 17.2 Å². The fourth-order valence-electron chi connectivity index (χ4n) is 2.56. The van der Waals surface area contributed by atoms with E-state index in [1.807, 2.05) is 12.1 Å². The number of anilines is 1. The van der Waals surface area contributed by atoms with Gasteiger partial charge in [0.05, 0.1) is 11.7 Å². The summed E-state index contributed by atoms with van der Waals surface area (Å²) >= 11 is 9.48. The molecule has 0 amide bonds. The predicted octanol–water partition coefficient (Wildman–Crippen LogP) is 5.34. The van der Waals surface area contributed by atoms with Crippen LogP contribution in [-0.4, -0.2) is 0 Å². The van der Waals surface area contributed by atoms with Crippen molar-refractivity contribution in [2.75, 3.05) is 5.32 Å². The maximum absolute atomic E-state index is 13.7. The molecule has 1 nitrogen and oxygen atoms in total. The summed E-state index contributed by atoms with van der Waals surface area (Å²) in [5, 5.41) is 3.79. The van der Waals surface area contributed by atoms with Crippen LogP contribution in [0.25, 0.3) is 0 Å². The van der Waals surface area contributed by atoms with E-state index in [0.717, 1.165) is 17.3 Å². The van der Waals surface area contributed by atoms with Crippen LogP contribution in [-0.2, 0) is 6.42 Å². The van der Waals surface area contributed by atoms with Gasteiger partial charge in [0, 0.05) is 9.50 Å². The molecule has 0 heterocycles. The van der Waals surface area contributed by atoms with Crippen LogP contribution in [0, 0.1) is 5.82 Å². The van der Waals surface area contributed by atoms with Gasteiger partial charge in [-0.3, -0.25) is 0 Å². The van der Waals surface area contributed by atoms with E-state index in [9.17, 15) is 4.39 Å². The Morgan fingerprint density at radius 3 is 2.95 bits per heavy atom. The normalized spacial score (nSPS) is 17.3. The molecule has 2 aromatic carbocycles. The molecule has 0 fully saturated rings. The number of nitrogens with one attached hydrogen (secondary N) is 1. The molecule has 1 aliphatic rings. The third-order valence-corrected chi connectivity index (χ3v) is 4.45. The van der Waals surface area contributed by atoms with Crippen molar-refractivity contribution in [3.63, 3.8) is 0 Å². The second-order valence-corrected chi connectivity index (χ2v) is 5.96. The van der Waals surface area contributed by atoms with Crippen LogP contribution < -0.4 is 5.32 Å². The van der Waals surface area contributed by atoms with Gasteiger partial charge in [0.2, 0.25) is 0 Å². The molecule has 0 saturated heterocycles. The smallest absolute Gasteiger partial charge is 0.146 e. The molecule has 4 heteroatoms. The van der Waals surface area contributed by atoms with Crippen molar-refractivity contribution >= 4 is 33.2 Å². The standard InChI is InChI=1S/C15H12BrClFN/c16-12-3-1-2-11-10(12)5-7-14(11)19-15-8-9(17)4-6-13(15)18/h1-4,6,8,14,19H,5,7H2. The first kappa shape index (κ1) is 12.9. The molecule has 0 aliphatic heterocycles. The van der Waals surface area contributed by atoms with Crippen LogP contribution in [0.5, 0.6) is 0 Å². The summed E-state index contributed by atoms with van der Waals surface area (Å²) in [6, 6.07) is 10.9. The molecule has 1 atom stereocenters. The molecule has 0 radical (unpaired) electrons. The van der Waals surface area contributed by atoms with Gasteiger partial charge >= 0.3 is 0 Å². The van der Waals surface area contributed by atoms with Crippen LogP contribution >= 0.6 is 27.5 Å². The molecule has 1 N–H and O–H groups in total. The zero-order valence-electron chi connectivity index (χ0n) is 10.1. The maximum atomic E-state index is 13.7. The highest BCUT2D eigenvalue weighted by molar-refractivity contribution is 9.10. The van der Waals surface area contributed by atoms with E-state index in [0.29, 0.717) is 10.7 Å².